The van der Waals surface area contributed by atoms with E-state index in [0.29, 0.717) is 23.0 Å². The summed E-state index contributed by atoms with van der Waals surface area (Å²) in [7, 11) is 0. The fourth-order valence-electron chi connectivity index (χ4n) is 2.98. The minimum absolute atomic E-state index is 0.0720. The van der Waals surface area contributed by atoms with Crippen LogP contribution in [0.5, 0.6) is 0 Å². The summed E-state index contributed by atoms with van der Waals surface area (Å²) in [4.78, 5) is 26.0. The molecular formula is C18H25N3O3S. The lowest BCUT2D eigenvalue weighted by Gasteiger charge is -2.44. The maximum atomic E-state index is 12.4. The van der Waals surface area contributed by atoms with E-state index < -0.39 is 5.97 Å². The number of nitrogens with zero attached hydrogens (tertiary/aromatic N) is 1. The zero-order valence-corrected chi connectivity index (χ0v) is 15.9. The second-order valence-electron chi connectivity index (χ2n) is 6.84. The molecule has 0 spiro atoms. The Morgan fingerprint density at radius 1 is 1.44 bits per heavy atom. The molecule has 0 unspecified atom stereocenters. The summed E-state index contributed by atoms with van der Waals surface area (Å²) < 4.78 is 4.97. The van der Waals surface area contributed by atoms with Gasteiger partial charge in [0.1, 0.15) is 0 Å². The Balaban J connectivity index is 2.00. The molecule has 1 aromatic rings. The first-order chi connectivity index (χ1) is 11.7. The van der Waals surface area contributed by atoms with E-state index in [2.05, 4.69) is 31.4 Å². The molecule has 136 valence electrons. The van der Waals surface area contributed by atoms with Crippen molar-refractivity contribution in [1.82, 2.24) is 10.2 Å². The molecule has 1 heterocycles. The molecule has 1 saturated heterocycles. The maximum absolute atomic E-state index is 12.4. The van der Waals surface area contributed by atoms with Crippen molar-refractivity contribution < 1.29 is 14.3 Å². The van der Waals surface area contributed by atoms with Gasteiger partial charge in [0, 0.05) is 17.3 Å². The molecule has 1 amide bonds. The fourth-order valence-corrected chi connectivity index (χ4v) is 3.50. The number of hydrogen-bond acceptors (Lipinski definition) is 4. The molecule has 0 saturated carbocycles. The molecule has 0 aliphatic carbocycles. The van der Waals surface area contributed by atoms with Crippen molar-refractivity contribution in [3.05, 3.63) is 29.8 Å². The van der Waals surface area contributed by atoms with Crippen molar-refractivity contribution >= 4 is 34.9 Å². The highest BCUT2D eigenvalue weighted by molar-refractivity contribution is 7.80. The van der Waals surface area contributed by atoms with Crippen LogP contribution in [0, 0.1) is 0 Å². The third-order valence-electron chi connectivity index (χ3n) is 4.02. The summed E-state index contributed by atoms with van der Waals surface area (Å²) in [5, 5.41) is 6.65. The van der Waals surface area contributed by atoms with E-state index in [-0.39, 0.29) is 24.0 Å². The Morgan fingerprint density at radius 2 is 2.16 bits per heavy atom. The van der Waals surface area contributed by atoms with Gasteiger partial charge in [0.2, 0.25) is 5.91 Å². The fraction of sp³-hybridized carbons (Fsp3) is 0.500. The Bertz CT molecular complexity index is 675. The topological polar surface area (TPSA) is 70.7 Å². The van der Waals surface area contributed by atoms with Crippen molar-refractivity contribution in [2.24, 2.45) is 0 Å². The van der Waals surface area contributed by atoms with Gasteiger partial charge in [-0.3, -0.25) is 4.79 Å². The summed E-state index contributed by atoms with van der Waals surface area (Å²) >= 11 is 5.39. The second-order valence-corrected chi connectivity index (χ2v) is 7.23. The quantitative estimate of drug-likeness (QED) is 0.619. The lowest BCUT2D eigenvalue weighted by atomic mass is 9.93. The average Bonchev–Trinajstić information content (AvgIpc) is 2.50. The first-order valence-electron chi connectivity index (χ1n) is 8.37. The number of anilines is 1. The number of esters is 1. The number of ether oxygens (including phenoxy) is 1. The number of carbonyl (C=O) groups is 2. The number of hydrogen-bond donors (Lipinski definition) is 2. The third kappa shape index (κ3) is 5.16. The lowest BCUT2D eigenvalue weighted by molar-refractivity contribution is -0.117. The number of rotatable bonds is 5. The monoisotopic (exact) mass is 363 g/mol. The molecule has 1 atom stereocenters. The van der Waals surface area contributed by atoms with Crippen LogP contribution in [-0.4, -0.2) is 46.6 Å². The predicted molar refractivity (Wildman–Crippen MR) is 102 cm³/mol. The molecule has 7 heteroatoms. The first-order valence-corrected chi connectivity index (χ1v) is 8.78. The van der Waals surface area contributed by atoms with Crippen LogP contribution in [0.15, 0.2) is 24.3 Å². The first kappa shape index (κ1) is 19.2. The van der Waals surface area contributed by atoms with Crippen LogP contribution < -0.4 is 10.6 Å². The van der Waals surface area contributed by atoms with Gasteiger partial charge >= 0.3 is 5.97 Å². The SMILES string of the molecule is CCOC(=O)c1cccc(NC(=O)CN2C(=S)NC(C)(C)C[C@@H]2C)c1. The highest BCUT2D eigenvalue weighted by atomic mass is 32.1. The molecule has 1 aliphatic rings. The van der Waals surface area contributed by atoms with Crippen molar-refractivity contribution in [3.63, 3.8) is 0 Å². The van der Waals surface area contributed by atoms with Crippen molar-refractivity contribution in [1.29, 1.82) is 0 Å². The van der Waals surface area contributed by atoms with Gasteiger partial charge in [0.05, 0.1) is 18.7 Å². The Hall–Kier alpha value is -2.15. The van der Waals surface area contributed by atoms with Crippen LogP contribution >= 0.6 is 12.2 Å². The van der Waals surface area contributed by atoms with E-state index in [9.17, 15) is 9.59 Å². The Labute approximate surface area is 153 Å². The molecular weight excluding hydrogens is 338 g/mol. The third-order valence-corrected chi connectivity index (χ3v) is 4.35. The number of benzene rings is 1. The summed E-state index contributed by atoms with van der Waals surface area (Å²) in [6, 6.07) is 6.87. The van der Waals surface area contributed by atoms with Gasteiger partial charge in [-0.1, -0.05) is 6.07 Å². The van der Waals surface area contributed by atoms with Gasteiger partial charge in [0.25, 0.3) is 0 Å². The van der Waals surface area contributed by atoms with Crippen molar-refractivity contribution in [3.8, 4) is 0 Å². The lowest BCUT2D eigenvalue weighted by Crippen LogP contribution is -2.61. The van der Waals surface area contributed by atoms with E-state index in [1.54, 1.807) is 31.2 Å². The average molecular weight is 363 g/mol. The second kappa shape index (κ2) is 7.82. The van der Waals surface area contributed by atoms with Crippen molar-refractivity contribution in [2.75, 3.05) is 18.5 Å². The van der Waals surface area contributed by atoms with Crippen LogP contribution in [0.1, 0.15) is 44.5 Å². The van der Waals surface area contributed by atoms with E-state index in [1.165, 1.54) is 0 Å². The molecule has 1 fully saturated rings. The standard InChI is InChI=1S/C18H25N3O3S/c1-5-24-16(23)13-7-6-8-14(9-13)19-15(22)11-21-12(2)10-18(3,4)20-17(21)25/h6-9,12H,5,10-11H2,1-4H3,(H,19,22)(H,20,25)/t12-/m0/s1. The van der Waals surface area contributed by atoms with Crippen LogP contribution in [0.2, 0.25) is 0 Å². The number of carbonyl (C=O) groups excluding carboxylic acids is 2. The maximum Gasteiger partial charge on any atom is 0.338 e. The molecule has 6 nitrogen and oxygen atoms in total. The Morgan fingerprint density at radius 3 is 2.80 bits per heavy atom. The molecule has 1 aromatic carbocycles. The molecule has 0 bridgehead atoms. The van der Waals surface area contributed by atoms with Crippen LogP contribution in [0.3, 0.4) is 0 Å². The van der Waals surface area contributed by atoms with Gasteiger partial charge in [-0.2, -0.15) is 0 Å². The summed E-state index contributed by atoms with van der Waals surface area (Å²) in [5.74, 6) is -0.590. The van der Waals surface area contributed by atoms with Crippen LogP contribution in [-0.2, 0) is 9.53 Å². The van der Waals surface area contributed by atoms with Crippen LogP contribution in [0.25, 0.3) is 0 Å². The van der Waals surface area contributed by atoms with Gasteiger partial charge in [0.15, 0.2) is 5.11 Å². The van der Waals surface area contributed by atoms with Gasteiger partial charge in [-0.25, -0.2) is 4.79 Å². The largest absolute Gasteiger partial charge is 0.462 e. The highest BCUT2D eigenvalue weighted by Gasteiger charge is 2.33. The molecule has 0 aromatic heterocycles. The van der Waals surface area contributed by atoms with Gasteiger partial charge in [-0.15, -0.1) is 0 Å². The number of thiocarbonyl (C=S) groups is 1. The zero-order valence-electron chi connectivity index (χ0n) is 15.1. The smallest absolute Gasteiger partial charge is 0.338 e. The zero-order chi connectivity index (χ0) is 18.6. The van der Waals surface area contributed by atoms with E-state index >= 15 is 0 Å². The normalized spacial score (nSPS) is 19.1. The van der Waals surface area contributed by atoms with Gasteiger partial charge in [-0.05, 0) is 64.5 Å². The van der Waals surface area contributed by atoms with E-state index in [4.69, 9.17) is 17.0 Å². The summed E-state index contributed by atoms with van der Waals surface area (Å²) in [6.07, 6.45) is 0.888. The summed E-state index contributed by atoms with van der Waals surface area (Å²) in [5.41, 5.74) is 0.890. The van der Waals surface area contributed by atoms with Crippen molar-refractivity contribution in [2.45, 2.75) is 45.7 Å². The molecule has 0 radical (unpaired) electrons. The number of amides is 1. The molecule has 1 aliphatic heterocycles. The number of nitrogens with one attached hydrogen (secondary N) is 2. The highest BCUT2D eigenvalue weighted by Crippen LogP contribution is 2.22. The summed E-state index contributed by atoms with van der Waals surface area (Å²) in [6.45, 7) is 8.46. The minimum atomic E-state index is -0.407. The minimum Gasteiger partial charge on any atom is -0.462 e. The Kier molecular flexibility index (Phi) is 6.00. The van der Waals surface area contributed by atoms with Crippen LogP contribution in [0.4, 0.5) is 5.69 Å². The predicted octanol–water partition coefficient (Wildman–Crippen LogP) is 2.55. The van der Waals surface area contributed by atoms with Gasteiger partial charge < -0.3 is 20.3 Å². The van der Waals surface area contributed by atoms with E-state index in [0.717, 1.165) is 6.42 Å². The van der Waals surface area contributed by atoms with E-state index in [1.807, 2.05) is 4.90 Å². The molecule has 2 N–H and O–H groups in total. The molecule has 2 rings (SSSR count). The molecule has 25 heavy (non-hydrogen) atoms.